The van der Waals surface area contributed by atoms with Crippen molar-refractivity contribution < 1.29 is 19.4 Å². The summed E-state index contributed by atoms with van der Waals surface area (Å²) in [6, 6.07) is 1.56. The van der Waals surface area contributed by atoms with E-state index in [1.165, 1.54) is 12.8 Å². The third kappa shape index (κ3) is 4.50. The molecule has 2 rings (SSSR count). The molecule has 6 nitrogen and oxygen atoms in total. The number of hydrogen-bond donors (Lipinski definition) is 2. The summed E-state index contributed by atoms with van der Waals surface area (Å²) in [5, 5.41) is 11.8. The average Bonchev–Trinajstić information content (AvgIpc) is 3.15. The minimum atomic E-state index is -1.06. The lowest BCUT2D eigenvalue weighted by molar-refractivity contribution is -0.139. The Balaban J connectivity index is 2.09. The number of nitrogens with zero attached hydrogens (tertiary/aromatic N) is 1. The second kappa shape index (κ2) is 6.26. The predicted octanol–water partition coefficient (Wildman–Crippen LogP) is 2.96. The molecule has 1 atom stereocenters. The second-order valence-electron chi connectivity index (χ2n) is 7.24. The molecular weight excluding hydrogens is 296 g/mol. The zero-order valence-electron chi connectivity index (χ0n) is 14.5. The van der Waals surface area contributed by atoms with Gasteiger partial charge in [0.05, 0.1) is 0 Å². The van der Waals surface area contributed by atoms with Crippen molar-refractivity contribution in [3.63, 3.8) is 0 Å². The largest absolute Gasteiger partial charge is 0.480 e. The highest BCUT2D eigenvalue weighted by Crippen LogP contribution is 2.38. The molecular formula is C17H26N2O4. The lowest BCUT2D eigenvalue weighted by atomic mass is 10.1. The van der Waals surface area contributed by atoms with Gasteiger partial charge in [0.25, 0.3) is 0 Å². The van der Waals surface area contributed by atoms with Crippen LogP contribution in [0.3, 0.4) is 0 Å². The van der Waals surface area contributed by atoms with Gasteiger partial charge in [-0.15, -0.1) is 0 Å². The van der Waals surface area contributed by atoms with Crippen LogP contribution in [0.5, 0.6) is 0 Å². The van der Waals surface area contributed by atoms with Crippen LogP contribution in [0.15, 0.2) is 6.07 Å². The summed E-state index contributed by atoms with van der Waals surface area (Å²) in [4.78, 5) is 23.3. The van der Waals surface area contributed by atoms with Crippen LogP contribution >= 0.6 is 0 Å². The first-order chi connectivity index (χ1) is 10.6. The summed E-state index contributed by atoms with van der Waals surface area (Å²) in [5.74, 6) is -1.06. The third-order valence-electron chi connectivity index (χ3n) is 3.91. The van der Waals surface area contributed by atoms with E-state index in [1.54, 1.807) is 20.8 Å². The molecule has 128 valence electrons. The minimum Gasteiger partial charge on any atom is -0.480 e. The van der Waals surface area contributed by atoms with E-state index in [2.05, 4.69) is 9.88 Å². The van der Waals surface area contributed by atoms with Gasteiger partial charge in [0.2, 0.25) is 0 Å². The van der Waals surface area contributed by atoms with Gasteiger partial charge < -0.3 is 19.7 Å². The van der Waals surface area contributed by atoms with Crippen molar-refractivity contribution in [3.05, 3.63) is 23.0 Å². The highest BCUT2D eigenvalue weighted by Gasteiger charge is 2.29. The summed E-state index contributed by atoms with van der Waals surface area (Å²) in [6.45, 7) is 9.27. The molecule has 0 saturated heterocycles. The van der Waals surface area contributed by atoms with Crippen LogP contribution < -0.4 is 5.32 Å². The fourth-order valence-electron chi connectivity index (χ4n) is 2.82. The second-order valence-corrected chi connectivity index (χ2v) is 7.24. The van der Waals surface area contributed by atoms with E-state index in [9.17, 15) is 14.7 Å². The standard InChI is InChI=1S/C17H26N2O4/c1-10-8-12(11(2)19(10)13-6-7-13)9-14(15(20)21)18-16(22)23-17(3,4)5/h8,13-14H,6-7,9H2,1-5H3,(H,18,22)(H,20,21). The third-order valence-corrected chi connectivity index (χ3v) is 3.91. The summed E-state index contributed by atoms with van der Waals surface area (Å²) in [5.41, 5.74) is 2.52. The number of carbonyl (C=O) groups is 2. The van der Waals surface area contributed by atoms with Gasteiger partial charge in [0.1, 0.15) is 11.6 Å². The number of ether oxygens (including phenoxy) is 1. The maximum Gasteiger partial charge on any atom is 0.408 e. The first kappa shape index (κ1) is 17.4. The Morgan fingerprint density at radius 3 is 2.48 bits per heavy atom. The number of amides is 1. The van der Waals surface area contributed by atoms with Crippen molar-refractivity contribution in [3.8, 4) is 0 Å². The maximum absolute atomic E-state index is 11.8. The van der Waals surface area contributed by atoms with E-state index in [0.29, 0.717) is 6.04 Å². The number of alkyl carbamates (subject to hydrolysis) is 1. The molecule has 1 amide bonds. The number of nitrogens with one attached hydrogen (secondary N) is 1. The molecule has 0 aromatic carbocycles. The van der Waals surface area contributed by atoms with Crippen LogP contribution in [0, 0.1) is 13.8 Å². The van der Waals surface area contributed by atoms with Gasteiger partial charge >= 0.3 is 12.1 Å². The number of carboxylic acid groups (broad SMARTS) is 1. The molecule has 1 fully saturated rings. The van der Waals surface area contributed by atoms with Gasteiger partial charge in [-0.25, -0.2) is 9.59 Å². The van der Waals surface area contributed by atoms with E-state index in [1.807, 2.05) is 19.9 Å². The number of aryl methyl sites for hydroxylation is 1. The van der Waals surface area contributed by atoms with Gasteiger partial charge in [0, 0.05) is 23.9 Å². The van der Waals surface area contributed by atoms with Gasteiger partial charge in [-0.05, 0) is 59.1 Å². The Bertz CT molecular complexity index is 609. The molecule has 1 aromatic heterocycles. The Morgan fingerprint density at radius 1 is 1.39 bits per heavy atom. The molecule has 1 aliphatic rings. The summed E-state index contributed by atoms with van der Waals surface area (Å²) < 4.78 is 7.41. The summed E-state index contributed by atoms with van der Waals surface area (Å²) in [6.07, 6.45) is 1.89. The molecule has 1 heterocycles. The quantitative estimate of drug-likeness (QED) is 0.873. The minimum absolute atomic E-state index is 0.251. The Kier molecular flexibility index (Phi) is 4.73. The fourth-order valence-corrected chi connectivity index (χ4v) is 2.82. The van der Waals surface area contributed by atoms with E-state index < -0.39 is 23.7 Å². The molecule has 0 bridgehead atoms. The highest BCUT2D eigenvalue weighted by molar-refractivity contribution is 5.80. The Labute approximate surface area is 136 Å². The Hall–Kier alpha value is -1.98. The molecule has 0 spiro atoms. The zero-order valence-corrected chi connectivity index (χ0v) is 14.5. The number of aliphatic carboxylic acids is 1. The van der Waals surface area contributed by atoms with Crippen molar-refractivity contribution in [2.45, 2.75) is 71.6 Å². The summed E-state index contributed by atoms with van der Waals surface area (Å²) in [7, 11) is 0. The van der Waals surface area contributed by atoms with Crippen LogP contribution in [-0.2, 0) is 16.0 Å². The topological polar surface area (TPSA) is 80.6 Å². The average molecular weight is 322 g/mol. The molecule has 0 aliphatic heterocycles. The van der Waals surface area contributed by atoms with Crippen LogP contribution in [0.1, 0.15) is 56.6 Å². The van der Waals surface area contributed by atoms with E-state index in [4.69, 9.17) is 4.74 Å². The molecule has 1 aromatic rings. The van der Waals surface area contributed by atoms with Gasteiger partial charge in [-0.1, -0.05) is 0 Å². The van der Waals surface area contributed by atoms with E-state index in [-0.39, 0.29) is 6.42 Å². The van der Waals surface area contributed by atoms with Crippen LogP contribution in [0.2, 0.25) is 0 Å². The molecule has 6 heteroatoms. The monoisotopic (exact) mass is 322 g/mol. The van der Waals surface area contributed by atoms with Crippen molar-refractivity contribution in [2.24, 2.45) is 0 Å². The van der Waals surface area contributed by atoms with Crippen molar-refractivity contribution in [1.82, 2.24) is 9.88 Å². The number of carbonyl (C=O) groups excluding carboxylic acids is 1. The normalized spacial score (nSPS) is 16.0. The number of rotatable bonds is 5. The molecule has 23 heavy (non-hydrogen) atoms. The summed E-state index contributed by atoms with van der Waals surface area (Å²) >= 11 is 0. The highest BCUT2D eigenvalue weighted by atomic mass is 16.6. The van der Waals surface area contributed by atoms with Crippen molar-refractivity contribution >= 4 is 12.1 Å². The van der Waals surface area contributed by atoms with E-state index >= 15 is 0 Å². The van der Waals surface area contributed by atoms with Gasteiger partial charge in [-0.2, -0.15) is 0 Å². The lowest BCUT2D eigenvalue weighted by Crippen LogP contribution is -2.44. The number of carboxylic acids is 1. The molecule has 1 aliphatic carbocycles. The van der Waals surface area contributed by atoms with E-state index in [0.717, 1.165) is 17.0 Å². The van der Waals surface area contributed by atoms with Crippen LogP contribution in [0.4, 0.5) is 4.79 Å². The lowest BCUT2D eigenvalue weighted by Gasteiger charge is -2.22. The first-order valence-corrected chi connectivity index (χ1v) is 7.98. The van der Waals surface area contributed by atoms with Crippen molar-refractivity contribution in [2.75, 3.05) is 0 Å². The zero-order chi connectivity index (χ0) is 17.4. The number of aromatic nitrogens is 1. The predicted molar refractivity (Wildman–Crippen MR) is 86.7 cm³/mol. The van der Waals surface area contributed by atoms with Gasteiger partial charge in [0.15, 0.2) is 0 Å². The smallest absolute Gasteiger partial charge is 0.408 e. The fraction of sp³-hybridized carbons (Fsp3) is 0.647. The maximum atomic E-state index is 11.8. The molecule has 1 saturated carbocycles. The number of hydrogen-bond acceptors (Lipinski definition) is 3. The van der Waals surface area contributed by atoms with Crippen LogP contribution in [0.25, 0.3) is 0 Å². The molecule has 0 radical (unpaired) electrons. The van der Waals surface area contributed by atoms with Gasteiger partial charge in [-0.3, -0.25) is 0 Å². The SMILES string of the molecule is Cc1cc(CC(NC(=O)OC(C)(C)C)C(=O)O)c(C)n1C1CC1. The Morgan fingerprint density at radius 2 is 2.00 bits per heavy atom. The first-order valence-electron chi connectivity index (χ1n) is 7.98. The van der Waals surface area contributed by atoms with Crippen molar-refractivity contribution in [1.29, 1.82) is 0 Å². The molecule has 1 unspecified atom stereocenters. The van der Waals surface area contributed by atoms with Crippen LogP contribution in [-0.4, -0.2) is 33.4 Å². The molecule has 2 N–H and O–H groups in total.